The van der Waals surface area contributed by atoms with E-state index in [2.05, 4.69) is 15.5 Å². The maximum absolute atomic E-state index is 12.6. The molecule has 0 radical (unpaired) electrons. The van der Waals surface area contributed by atoms with Crippen molar-refractivity contribution >= 4 is 23.3 Å². The zero-order chi connectivity index (χ0) is 18.6. The van der Waals surface area contributed by atoms with Gasteiger partial charge in [0, 0.05) is 29.4 Å². The minimum Gasteiger partial charge on any atom is -0.339 e. The normalized spacial score (nSPS) is 16.9. The Hall–Kier alpha value is -2.86. The number of carbonyl (C=O) groups is 1. The number of hydrogen-bond donors (Lipinski definition) is 1. The number of likely N-dealkylation sites (tertiary alicyclic amines) is 1. The molecule has 2 amide bonds. The number of amides is 2. The van der Waals surface area contributed by atoms with Crippen molar-refractivity contribution in [1.29, 1.82) is 0 Å². The quantitative estimate of drug-likeness (QED) is 0.706. The number of piperidine rings is 1. The average molecular weight is 383 g/mol. The molecule has 1 saturated heterocycles. The number of hydrogen-bond acceptors (Lipinski definition) is 4. The monoisotopic (exact) mass is 382 g/mol. The van der Waals surface area contributed by atoms with E-state index in [4.69, 9.17) is 16.1 Å². The van der Waals surface area contributed by atoms with Gasteiger partial charge in [-0.15, -0.1) is 0 Å². The lowest BCUT2D eigenvalue weighted by atomic mass is 9.98. The van der Waals surface area contributed by atoms with Crippen LogP contribution >= 0.6 is 11.6 Å². The number of benzene rings is 2. The average Bonchev–Trinajstić information content (AvgIpc) is 3.19. The van der Waals surface area contributed by atoms with Crippen LogP contribution in [0.4, 0.5) is 10.5 Å². The van der Waals surface area contributed by atoms with Crippen molar-refractivity contribution in [2.75, 3.05) is 18.4 Å². The molecule has 1 fully saturated rings. The Bertz CT molecular complexity index is 928. The van der Waals surface area contributed by atoms with Crippen LogP contribution in [0.3, 0.4) is 0 Å². The van der Waals surface area contributed by atoms with Gasteiger partial charge in [0.05, 0.1) is 5.92 Å². The van der Waals surface area contributed by atoms with Crippen molar-refractivity contribution in [1.82, 2.24) is 15.0 Å². The molecule has 0 saturated carbocycles. The number of nitrogens with zero attached hydrogens (tertiary/aromatic N) is 3. The summed E-state index contributed by atoms with van der Waals surface area (Å²) in [5.74, 6) is 1.19. The van der Waals surface area contributed by atoms with E-state index < -0.39 is 0 Å². The molecule has 1 atom stereocenters. The van der Waals surface area contributed by atoms with Gasteiger partial charge in [-0.1, -0.05) is 53.2 Å². The fourth-order valence-corrected chi connectivity index (χ4v) is 3.43. The van der Waals surface area contributed by atoms with E-state index in [-0.39, 0.29) is 11.9 Å². The largest absolute Gasteiger partial charge is 0.339 e. The highest BCUT2D eigenvalue weighted by Crippen LogP contribution is 2.28. The maximum Gasteiger partial charge on any atom is 0.321 e. The van der Waals surface area contributed by atoms with Gasteiger partial charge in [0.15, 0.2) is 0 Å². The van der Waals surface area contributed by atoms with Gasteiger partial charge in [-0.3, -0.25) is 0 Å². The molecule has 0 bridgehead atoms. The Kier molecular flexibility index (Phi) is 5.07. The molecule has 2 aromatic carbocycles. The summed E-state index contributed by atoms with van der Waals surface area (Å²) < 4.78 is 5.48. The van der Waals surface area contributed by atoms with Crippen LogP contribution in [-0.4, -0.2) is 34.2 Å². The molecule has 4 rings (SSSR count). The lowest BCUT2D eigenvalue weighted by molar-refractivity contribution is 0.184. The van der Waals surface area contributed by atoms with Crippen LogP contribution in [0.2, 0.25) is 5.02 Å². The Morgan fingerprint density at radius 3 is 2.85 bits per heavy atom. The summed E-state index contributed by atoms with van der Waals surface area (Å²) >= 11 is 5.98. The molecule has 1 N–H and O–H groups in total. The van der Waals surface area contributed by atoms with Crippen molar-refractivity contribution in [2.24, 2.45) is 0 Å². The van der Waals surface area contributed by atoms with Gasteiger partial charge in [0.25, 0.3) is 0 Å². The Labute approximate surface area is 162 Å². The lowest BCUT2D eigenvalue weighted by Crippen LogP contribution is -2.41. The van der Waals surface area contributed by atoms with Gasteiger partial charge in [-0.2, -0.15) is 4.98 Å². The second-order valence-electron chi connectivity index (χ2n) is 6.55. The first-order valence-electron chi connectivity index (χ1n) is 8.89. The van der Waals surface area contributed by atoms with Crippen molar-refractivity contribution in [3.05, 3.63) is 65.5 Å². The van der Waals surface area contributed by atoms with Gasteiger partial charge in [0.2, 0.25) is 11.7 Å². The van der Waals surface area contributed by atoms with Crippen molar-refractivity contribution in [3.63, 3.8) is 0 Å². The van der Waals surface area contributed by atoms with Crippen LogP contribution in [-0.2, 0) is 0 Å². The van der Waals surface area contributed by atoms with Crippen molar-refractivity contribution < 1.29 is 9.32 Å². The predicted octanol–water partition coefficient (Wildman–Crippen LogP) is 4.80. The van der Waals surface area contributed by atoms with E-state index in [1.165, 1.54) is 0 Å². The van der Waals surface area contributed by atoms with E-state index >= 15 is 0 Å². The van der Waals surface area contributed by atoms with Crippen LogP contribution < -0.4 is 5.32 Å². The molecule has 1 aromatic heterocycles. The molecule has 27 heavy (non-hydrogen) atoms. The second kappa shape index (κ2) is 7.80. The predicted molar refractivity (Wildman–Crippen MR) is 104 cm³/mol. The number of halogens is 1. The molecule has 1 aliphatic rings. The summed E-state index contributed by atoms with van der Waals surface area (Å²) in [6, 6.07) is 16.7. The zero-order valence-electron chi connectivity index (χ0n) is 14.6. The number of nitrogens with one attached hydrogen (secondary N) is 1. The summed E-state index contributed by atoms with van der Waals surface area (Å²) in [6.45, 7) is 1.24. The maximum atomic E-state index is 12.6. The van der Waals surface area contributed by atoms with Crippen LogP contribution in [0.5, 0.6) is 0 Å². The van der Waals surface area contributed by atoms with Crippen LogP contribution in [0.25, 0.3) is 11.4 Å². The van der Waals surface area contributed by atoms with Crippen molar-refractivity contribution in [2.45, 2.75) is 18.8 Å². The molecule has 1 aliphatic heterocycles. The van der Waals surface area contributed by atoms with Crippen LogP contribution in [0, 0.1) is 0 Å². The minimum absolute atomic E-state index is 0.0359. The molecular formula is C20H19ClN4O2. The van der Waals surface area contributed by atoms with Crippen molar-refractivity contribution in [3.8, 4) is 11.4 Å². The molecule has 2 heterocycles. The van der Waals surface area contributed by atoms with E-state index in [0.717, 1.165) is 18.4 Å². The van der Waals surface area contributed by atoms with E-state index in [9.17, 15) is 4.79 Å². The third-order valence-corrected chi connectivity index (χ3v) is 4.84. The lowest BCUT2D eigenvalue weighted by Gasteiger charge is -2.31. The highest BCUT2D eigenvalue weighted by Gasteiger charge is 2.28. The minimum atomic E-state index is -0.148. The standard InChI is InChI=1S/C20H19ClN4O2/c21-16-9-4-10-17(12-16)22-20(26)25-11-5-8-15(13-25)19-23-18(24-27-19)14-6-2-1-3-7-14/h1-4,6-7,9-10,12,15H,5,8,11,13H2,(H,22,26). The number of carbonyl (C=O) groups excluding carboxylic acids is 1. The summed E-state index contributed by atoms with van der Waals surface area (Å²) in [5, 5.41) is 7.57. The molecule has 3 aromatic rings. The topological polar surface area (TPSA) is 71.3 Å². The van der Waals surface area contributed by atoms with Crippen LogP contribution in [0.15, 0.2) is 59.1 Å². The number of urea groups is 1. The van der Waals surface area contributed by atoms with Gasteiger partial charge >= 0.3 is 6.03 Å². The summed E-state index contributed by atoms with van der Waals surface area (Å²) in [6.07, 6.45) is 1.80. The molecular weight excluding hydrogens is 364 g/mol. The smallest absolute Gasteiger partial charge is 0.321 e. The first-order valence-corrected chi connectivity index (χ1v) is 9.27. The van der Waals surface area contributed by atoms with E-state index in [1.54, 1.807) is 23.1 Å². The molecule has 7 heteroatoms. The van der Waals surface area contributed by atoms with Crippen LogP contribution in [0.1, 0.15) is 24.7 Å². The number of anilines is 1. The summed E-state index contributed by atoms with van der Waals surface area (Å²) in [5.41, 5.74) is 1.60. The fraction of sp³-hybridized carbons (Fsp3) is 0.250. The molecule has 6 nitrogen and oxygen atoms in total. The van der Waals surface area contributed by atoms with E-state index in [1.807, 2.05) is 36.4 Å². The third kappa shape index (κ3) is 4.11. The Morgan fingerprint density at radius 2 is 2.04 bits per heavy atom. The van der Waals surface area contributed by atoms with E-state index in [0.29, 0.717) is 35.5 Å². The summed E-state index contributed by atoms with van der Waals surface area (Å²) in [7, 11) is 0. The first-order chi connectivity index (χ1) is 13.2. The SMILES string of the molecule is O=C(Nc1cccc(Cl)c1)N1CCCC(c2nc(-c3ccccc3)no2)C1. The molecule has 0 aliphatic carbocycles. The Morgan fingerprint density at radius 1 is 1.19 bits per heavy atom. The van der Waals surface area contributed by atoms with Gasteiger partial charge < -0.3 is 14.7 Å². The highest BCUT2D eigenvalue weighted by atomic mass is 35.5. The van der Waals surface area contributed by atoms with Gasteiger partial charge in [-0.25, -0.2) is 4.79 Å². The summed E-state index contributed by atoms with van der Waals surface area (Å²) in [4.78, 5) is 18.9. The zero-order valence-corrected chi connectivity index (χ0v) is 15.4. The second-order valence-corrected chi connectivity index (χ2v) is 6.98. The van der Waals surface area contributed by atoms with Gasteiger partial charge in [-0.05, 0) is 31.0 Å². The molecule has 1 unspecified atom stereocenters. The first kappa shape index (κ1) is 17.5. The molecule has 0 spiro atoms. The number of aromatic nitrogens is 2. The fourth-order valence-electron chi connectivity index (χ4n) is 3.24. The Balaban J connectivity index is 1.44. The third-order valence-electron chi connectivity index (χ3n) is 4.61. The molecule has 138 valence electrons. The number of rotatable bonds is 3. The van der Waals surface area contributed by atoms with Gasteiger partial charge in [0.1, 0.15) is 0 Å². The highest BCUT2D eigenvalue weighted by molar-refractivity contribution is 6.30.